The number of benzene rings is 2. The van der Waals surface area contributed by atoms with Gasteiger partial charge in [0, 0.05) is 5.02 Å². The molecule has 9 heteroatoms. The number of terminal acetylenes is 1. The van der Waals surface area contributed by atoms with Gasteiger partial charge in [0.15, 0.2) is 11.5 Å². The molecule has 32 heavy (non-hydrogen) atoms. The highest BCUT2D eigenvalue weighted by Crippen LogP contribution is 2.38. The van der Waals surface area contributed by atoms with Crippen LogP contribution >= 0.6 is 27.5 Å². The summed E-state index contributed by atoms with van der Waals surface area (Å²) < 4.78 is 11.7. The fraction of sp³-hybridized carbons (Fsp3) is 0.174. The molecule has 1 saturated heterocycles. The first-order chi connectivity index (χ1) is 15.3. The molecule has 3 rings (SSSR count). The van der Waals surface area contributed by atoms with Gasteiger partial charge < -0.3 is 9.47 Å². The number of rotatable bonds is 6. The number of carbonyl (C=O) groups is 3. The highest BCUT2D eigenvalue weighted by Gasteiger charge is 2.37. The number of urea groups is 1. The molecule has 7 nitrogen and oxygen atoms in total. The fourth-order valence-electron chi connectivity index (χ4n) is 3.07. The van der Waals surface area contributed by atoms with E-state index in [2.05, 4.69) is 27.2 Å². The molecule has 0 radical (unpaired) electrons. The van der Waals surface area contributed by atoms with Crippen LogP contribution in [0.3, 0.4) is 0 Å². The van der Waals surface area contributed by atoms with Gasteiger partial charge in [-0.25, -0.2) is 9.69 Å². The number of nitrogens with zero attached hydrogens (tertiary/aromatic N) is 1. The van der Waals surface area contributed by atoms with Crippen molar-refractivity contribution in [3.05, 3.63) is 56.5 Å². The van der Waals surface area contributed by atoms with Crippen LogP contribution in [0.2, 0.25) is 5.02 Å². The first-order valence-electron chi connectivity index (χ1n) is 9.47. The second-order valence-corrected chi connectivity index (χ2v) is 7.86. The van der Waals surface area contributed by atoms with Crippen molar-refractivity contribution in [2.24, 2.45) is 0 Å². The van der Waals surface area contributed by atoms with Gasteiger partial charge in [0.25, 0.3) is 11.8 Å². The van der Waals surface area contributed by atoms with Gasteiger partial charge in [-0.3, -0.25) is 14.9 Å². The minimum absolute atomic E-state index is 0.0378. The zero-order valence-corrected chi connectivity index (χ0v) is 19.5. The summed E-state index contributed by atoms with van der Waals surface area (Å²) in [6.45, 7) is 3.88. The molecule has 0 spiro atoms. The van der Waals surface area contributed by atoms with E-state index in [-0.39, 0.29) is 17.9 Å². The Morgan fingerprint density at radius 2 is 2.00 bits per heavy atom. The zero-order valence-electron chi connectivity index (χ0n) is 17.2. The molecule has 1 N–H and O–H groups in total. The Morgan fingerprint density at radius 1 is 1.25 bits per heavy atom. The normalized spacial score (nSPS) is 14.9. The maximum atomic E-state index is 13.2. The monoisotopic (exact) mass is 516 g/mol. The molecule has 4 amide bonds. The molecule has 1 fully saturated rings. The first-order valence-corrected chi connectivity index (χ1v) is 10.6. The number of nitrogens with one attached hydrogen (secondary N) is 1. The van der Waals surface area contributed by atoms with E-state index in [4.69, 9.17) is 27.5 Å². The number of ether oxygens (including phenoxy) is 2. The predicted molar refractivity (Wildman–Crippen MR) is 125 cm³/mol. The van der Waals surface area contributed by atoms with Gasteiger partial charge in [-0.05, 0) is 71.2 Å². The standard InChI is InChI=1S/C23H18BrClN2O5/c1-4-9-32-20-16(24)11-14(12-19(20)31-5-2)10-15-21(28)26-23(30)27(22(15)29)18-8-6-7-17(25)13(18)3/h1,6-8,10-12H,5,9H2,2-3H3,(H,26,28,30)/b15-10+. The Balaban J connectivity index is 2.06. The number of amides is 4. The van der Waals surface area contributed by atoms with E-state index < -0.39 is 17.8 Å². The number of hydrogen-bond acceptors (Lipinski definition) is 5. The van der Waals surface area contributed by atoms with E-state index in [1.54, 1.807) is 44.2 Å². The Hall–Kier alpha value is -3.28. The number of hydrogen-bond donors (Lipinski definition) is 1. The second kappa shape index (κ2) is 9.90. The van der Waals surface area contributed by atoms with E-state index in [1.165, 1.54) is 6.08 Å². The van der Waals surface area contributed by atoms with Crippen LogP contribution in [0.25, 0.3) is 6.08 Å². The van der Waals surface area contributed by atoms with Crippen LogP contribution in [0.4, 0.5) is 10.5 Å². The SMILES string of the molecule is C#CCOc1c(Br)cc(/C=C2\C(=O)NC(=O)N(c3cccc(Cl)c3C)C2=O)cc1OCC. The van der Waals surface area contributed by atoms with Gasteiger partial charge in [-0.15, -0.1) is 6.42 Å². The molecule has 0 aromatic heterocycles. The molecule has 1 aliphatic heterocycles. The first kappa shape index (κ1) is 23.4. The third-order valence-electron chi connectivity index (χ3n) is 4.52. The average Bonchev–Trinajstić information content (AvgIpc) is 2.73. The van der Waals surface area contributed by atoms with Crippen LogP contribution in [-0.2, 0) is 9.59 Å². The molecule has 1 heterocycles. The smallest absolute Gasteiger partial charge is 0.335 e. The Bertz CT molecular complexity index is 1190. The summed E-state index contributed by atoms with van der Waals surface area (Å²) in [6.07, 6.45) is 6.63. The molecule has 0 aliphatic carbocycles. The van der Waals surface area contributed by atoms with Crippen molar-refractivity contribution in [1.82, 2.24) is 5.32 Å². The molecular weight excluding hydrogens is 500 g/mol. The van der Waals surface area contributed by atoms with E-state index in [0.29, 0.717) is 38.7 Å². The molecule has 2 aromatic carbocycles. The number of halogens is 2. The lowest BCUT2D eigenvalue weighted by molar-refractivity contribution is -0.122. The summed E-state index contributed by atoms with van der Waals surface area (Å²) in [5.74, 6) is 1.58. The molecule has 1 aliphatic rings. The van der Waals surface area contributed by atoms with Crippen LogP contribution in [0.5, 0.6) is 11.5 Å². The van der Waals surface area contributed by atoms with Crippen LogP contribution < -0.4 is 19.7 Å². The number of anilines is 1. The van der Waals surface area contributed by atoms with E-state index in [0.717, 1.165) is 4.90 Å². The van der Waals surface area contributed by atoms with Gasteiger partial charge in [-0.2, -0.15) is 0 Å². The zero-order chi connectivity index (χ0) is 23.4. The fourth-order valence-corrected chi connectivity index (χ4v) is 3.81. The van der Waals surface area contributed by atoms with E-state index in [9.17, 15) is 14.4 Å². The van der Waals surface area contributed by atoms with Crippen molar-refractivity contribution in [3.8, 4) is 23.8 Å². The van der Waals surface area contributed by atoms with Crippen molar-refractivity contribution in [3.63, 3.8) is 0 Å². The molecule has 164 valence electrons. The molecule has 0 bridgehead atoms. The second-order valence-electron chi connectivity index (χ2n) is 6.60. The van der Waals surface area contributed by atoms with Crippen molar-refractivity contribution in [1.29, 1.82) is 0 Å². The average molecular weight is 518 g/mol. The van der Waals surface area contributed by atoms with Gasteiger partial charge in [-0.1, -0.05) is 23.6 Å². The van der Waals surface area contributed by atoms with Crippen molar-refractivity contribution < 1.29 is 23.9 Å². The van der Waals surface area contributed by atoms with Crippen molar-refractivity contribution in [2.45, 2.75) is 13.8 Å². The van der Waals surface area contributed by atoms with E-state index in [1.807, 2.05) is 0 Å². The third kappa shape index (κ3) is 4.64. The number of imide groups is 2. The minimum Gasteiger partial charge on any atom is -0.490 e. The van der Waals surface area contributed by atoms with Crippen molar-refractivity contribution >= 4 is 57.1 Å². The third-order valence-corrected chi connectivity index (χ3v) is 5.52. The Labute approximate surface area is 198 Å². The number of carbonyl (C=O) groups excluding carboxylic acids is 3. The van der Waals surface area contributed by atoms with Gasteiger partial charge >= 0.3 is 6.03 Å². The van der Waals surface area contributed by atoms with Crippen LogP contribution in [0.15, 0.2) is 40.4 Å². The summed E-state index contributed by atoms with van der Waals surface area (Å²) in [5.41, 5.74) is 1.06. The highest BCUT2D eigenvalue weighted by molar-refractivity contribution is 9.10. The summed E-state index contributed by atoms with van der Waals surface area (Å²) in [7, 11) is 0. The number of barbiturate groups is 1. The largest absolute Gasteiger partial charge is 0.490 e. The van der Waals surface area contributed by atoms with Crippen LogP contribution in [0, 0.1) is 19.3 Å². The lowest BCUT2D eigenvalue weighted by atomic mass is 10.1. The minimum atomic E-state index is -0.850. The summed E-state index contributed by atoms with van der Waals surface area (Å²) in [5, 5.41) is 2.58. The van der Waals surface area contributed by atoms with Gasteiger partial charge in [0.05, 0.1) is 16.8 Å². The lowest BCUT2D eigenvalue weighted by Crippen LogP contribution is -2.54. The van der Waals surface area contributed by atoms with Gasteiger partial charge in [0.2, 0.25) is 0 Å². The predicted octanol–water partition coefficient (Wildman–Crippen LogP) is 4.49. The van der Waals surface area contributed by atoms with E-state index >= 15 is 0 Å². The Morgan fingerprint density at radius 3 is 2.69 bits per heavy atom. The molecule has 2 aromatic rings. The quantitative estimate of drug-likeness (QED) is 0.347. The summed E-state index contributed by atoms with van der Waals surface area (Å²) in [4.78, 5) is 39.0. The topological polar surface area (TPSA) is 84.9 Å². The van der Waals surface area contributed by atoms with Gasteiger partial charge in [0.1, 0.15) is 12.2 Å². The maximum absolute atomic E-state index is 13.2. The highest BCUT2D eigenvalue weighted by atomic mass is 79.9. The summed E-state index contributed by atoms with van der Waals surface area (Å²) in [6, 6.07) is 7.24. The van der Waals surface area contributed by atoms with Crippen LogP contribution in [-0.4, -0.2) is 31.1 Å². The molecule has 0 atom stereocenters. The molecular formula is C23H18BrClN2O5. The van der Waals surface area contributed by atoms with Crippen molar-refractivity contribution in [2.75, 3.05) is 18.1 Å². The molecule has 0 saturated carbocycles. The maximum Gasteiger partial charge on any atom is 0.335 e. The Kier molecular flexibility index (Phi) is 7.23. The lowest BCUT2D eigenvalue weighted by Gasteiger charge is -2.27. The molecule has 0 unspecified atom stereocenters. The summed E-state index contributed by atoms with van der Waals surface area (Å²) >= 11 is 9.55. The van der Waals surface area contributed by atoms with Crippen LogP contribution in [0.1, 0.15) is 18.1 Å².